The van der Waals surface area contributed by atoms with Crippen LogP contribution in [0.2, 0.25) is 0 Å². The summed E-state index contributed by atoms with van der Waals surface area (Å²) in [5.74, 6) is 0. The summed E-state index contributed by atoms with van der Waals surface area (Å²) in [5.41, 5.74) is 2.22. The van der Waals surface area contributed by atoms with Gasteiger partial charge in [0, 0.05) is 0 Å². The molecule has 0 heterocycles. The van der Waals surface area contributed by atoms with Crippen molar-refractivity contribution in [3.63, 3.8) is 0 Å². The zero-order chi connectivity index (χ0) is 15.2. The van der Waals surface area contributed by atoms with E-state index in [1.807, 2.05) is 91.0 Å². The second kappa shape index (κ2) is 6.59. The zero-order valence-electron chi connectivity index (χ0n) is 12.0. The molecule has 0 aliphatic carbocycles. The number of para-hydroxylation sites is 3. The Morgan fingerprint density at radius 1 is 0.636 bits per heavy atom. The molecule has 0 aliphatic rings. The molecule has 0 bridgehead atoms. The quantitative estimate of drug-likeness (QED) is 0.676. The van der Waals surface area contributed by atoms with Crippen LogP contribution in [0.25, 0.3) is 0 Å². The van der Waals surface area contributed by atoms with Gasteiger partial charge in [0.05, 0.1) is 17.1 Å². The molecular formula is C19H15N2O. The number of carbonyl (C=O) groups is 1. The third kappa shape index (κ3) is 3.15. The van der Waals surface area contributed by atoms with E-state index in [4.69, 9.17) is 0 Å². The Balaban J connectivity index is 1.94. The Labute approximate surface area is 129 Å². The van der Waals surface area contributed by atoms with Crippen molar-refractivity contribution in [3.05, 3.63) is 91.0 Å². The monoisotopic (exact) mass is 287 g/mol. The number of anilines is 2. The van der Waals surface area contributed by atoms with Gasteiger partial charge in [0.15, 0.2) is 0 Å². The smallest absolute Gasteiger partial charge is 0.261 e. The molecular weight excluding hydrogens is 272 g/mol. The highest BCUT2D eigenvalue weighted by Gasteiger charge is 2.19. The molecule has 0 fully saturated rings. The third-order valence-corrected chi connectivity index (χ3v) is 3.20. The van der Waals surface area contributed by atoms with Crippen LogP contribution in [0.4, 0.5) is 21.9 Å². The van der Waals surface area contributed by atoms with Gasteiger partial charge in [-0.3, -0.25) is 4.90 Å². The zero-order valence-corrected chi connectivity index (χ0v) is 12.0. The van der Waals surface area contributed by atoms with E-state index in [1.165, 1.54) is 0 Å². The molecule has 3 aromatic carbocycles. The Hall–Kier alpha value is -3.07. The maximum atomic E-state index is 12.7. The van der Waals surface area contributed by atoms with E-state index in [-0.39, 0.29) is 6.03 Å². The molecule has 22 heavy (non-hydrogen) atoms. The minimum Gasteiger partial charge on any atom is -0.261 e. The Morgan fingerprint density at radius 3 is 1.50 bits per heavy atom. The van der Waals surface area contributed by atoms with E-state index < -0.39 is 0 Å². The molecule has 0 atom stereocenters. The topological polar surface area (TPSA) is 34.4 Å². The van der Waals surface area contributed by atoms with Gasteiger partial charge in [0.1, 0.15) is 0 Å². The van der Waals surface area contributed by atoms with E-state index in [0.717, 1.165) is 11.4 Å². The highest BCUT2D eigenvalue weighted by molar-refractivity contribution is 6.01. The summed E-state index contributed by atoms with van der Waals surface area (Å²) in [7, 11) is 0. The minimum atomic E-state index is -0.316. The molecule has 0 N–H and O–H groups in total. The Kier molecular flexibility index (Phi) is 4.16. The summed E-state index contributed by atoms with van der Waals surface area (Å²) in [6.45, 7) is 0. The average Bonchev–Trinajstić information content (AvgIpc) is 2.58. The van der Waals surface area contributed by atoms with Gasteiger partial charge in [-0.25, -0.2) is 4.79 Å². The lowest BCUT2D eigenvalue weighted by atomic mass is 10.2. The fraction of sp³-hybridized carbons (Fsp3) is 0. The van der Waals surface area contributed by atoms with Crippen LogP contribution < -0.4 is 10.2 Å². The summed E-state index contributed by atoms with van der Waals surface area (Å²) in [6.07, 6.45) is 0. The Bertz CT molecular complexity index is 688. The molecule has 0 unspecified atom stereocenters. The van der Waals surface area contributed by atoms with E-state index >= 15 is 0 Å². The lowest BCUT2D eigenvalue weighted by Crippen LogP contribution is -2.30. The molecule has 107 valence electrons. The number of amides is 2. The fourth-order valence-electron chi connectivity index (χ4n) is 2.19. The number of hydrogen-bond donors (Lipinski definition) is 0. The molecule has 0 spiro atoms. The van der Waals surface area contributed by atoms with Gasteiger partial charge in [-0.15, -0.1) is 0 Å². The van der Waals surface area contributed by atoms with Crippen molar-refractivity contribution >= 4 is 23.1 Å². The SMILES string of the molecule is O=C([N]c1ccccc1)N(c1ccccc1)c1ccccc1. The van der Waals surface area contributed by atoms with Crippen molar-refractivity contribution in [2.24, 2.45) is 0 Å². The van der Waals surface area contributed by atoms with Crippen molar-refractivity contribution < 1.29 is 4.79 Å². The Morgan fingerprint density at radius 2 is 1.05 bits per heavy atom. The third-order valence-electron chi connectivity index (χ3n) is 3.20. The van der Waals surface area contributed by atoms with Gasteiger partial charge in [-0.1, -0.05) is 54.6 Å². The summed E-state index contributed by atoms with van der Waals surface area (Å²) in [6, 6.07) is 28.0. The maximum Gasteiger partial charge on any atom is 0.353 e. The lowest BCUT2D eigenvalue weighted by Gasteiger charge is -2.22. The second-order valence-electron chi connectivity index (χ2n) is 4.74. The molecule has 3 heteroatoms. The predicted molar refractivity (Wildman–Crippen MR) is 88.7 cm³/mol. The molecule has 0 aliphatic heterocycles. The van der Waals surface area contributed by atoms with Gasteiger partial charge in [0.25, 0.3) is 0 Å². The largest absolute Gasteiger partial charge is 0.353 e. The number of hydrogen-bond acceptors (Lipinski definition) is 1. The van der Waals surface area contributed by atoms with E-state index in [2.05, 4.69) is 5.32 Å². The first-order valence-electron chi connectivity index (χ1n) is 7.05. The number of carbonyl (C=O) groups excluding carboxylic acids is 1. The summed E-state index contributed by atoms with van der Waals surface area (Å²) in [5, 5.41) is 4.20. The lowest BCUT2D eigenvalue weighted by molar-refractivity contribution is 0.251. The number of rotatable bonds is 3. The predicted octanol–water partition coefficient (Wildman–Crippen LogP) is 4.88. The van der Waals surface area contributed by atoms with Crippen LogP contribution >= 0.6 is 0 Å². The summed E-state index contributed by atoms with van der Waals surface area (Å²) in [4.78, 5) is 14.3. The maximum absolute atomic E-state index is 12.7. The van der Waals surface area contributed by atoms with Gasteiger partial charge in [-0.05, 0) is 36.4 Å². The first-order valence-corrected chi connectivity index (χ1v) is 7.05. The molecule has 0 saturated heterocycles. The minimum absolute atomic E-state index is 0.316. The van der Waals surface area contributed by atoms with Gasteiger partial charge in [-0.2, -0.15) is 5.32 Å². The average molecular weight is 287 g/mol. The van der Waals surface area contributed by atoms with Gasteiger partial charge in [0.2, 0.25) is 0 Å². The van der Waals surface area contributed by atoms with Crippen molar-refractivity contribution in [1.82, 2.24) is 5.32 Å². The number of nitrogens with zero attached hydrogens (tertiary/aromatic N) is 2. The van der Waals surface area contributed by atoms with E-state index in [1.54, 1.807) is 4.90 Å². The second-order valence-corrected chi connectivity index (χ2v) is 4.74. The van der Waals surface area contributed by atoms with Crippen LogP contribution in [0.3, 0.4) is 0 Å². The van der Waals surface area contributed by atoms with Crippen LogP contribution in [0.15, 0.2) is 91.0 Å². The standard InChI is InChI=1S/C19H15N2O/c22-19(20-16-10-4-1-5-11-16)21(17-12-6-2-7-13-17)18-14-8-3-9-15-18/h1-15H. The summed E-state index contributed by atoms with van der Waals surface area (Å²) >= 11 is 0. The van der Waals surface area contributed by atoms with E-state index in [0.29, 0.717) is 5.69 Å². The fourth-order valence-corrected chi connectivity index (χ4v) is 2.19. The van der Waals surface area contributed by atoms with Crippen LogP contribution in [-0.4, -0.2) is 6.03 Å². The first kappa shape index (κ1) is 13.9. The summed E-state index contributed by atoms with van der Waals surface area (Å²) < 4.78 is 0. The molecule has 2 amide bonds. The highest BCUT2D eigenvalue weighted by atomic mass is 16.2. The van der Waals surface area contributed by atoms with Crippen LogP contribution in [0.1, 0.15) is 0 Å². The van der Waals surface area contributed by atoms with Crippen LogP contribution in [0, 0.1) is 0 Å². The number of benzene rings is 3. The van der Waals surface area contributed by atoms with E-state index in [9.17, 15) is 4.79 Å². The van der Waals surface area contributed by atoms with Crippen LogP contribution in [-0.2, 0) is 0 Å². The highest BCUT2D eigenvalue weighted by Crippen LogP contribution is 2.26. The van der Waals surface area contributed by atoms with Crippen molar-refractivity contribution in [3.8, 4) is 0 Å². The van der Waals surface area contributed by atoms with Crippen molar-refractivity contribution in [1.29, 1.82) is 0 Å². The normalized spacial score (nSPS) is 10.0. The van der Waals surface area contributed by atoms with Crippen LogP contribution in [0.5, 0.6) is 0 Å². The first-order chi connectivity index (χ1) is 10.8. The molecule has 3 rings (SSSR count). The van der Waals surface area contributed by atoms with Crippen molar-refractivity contribution in [2.75, 3.05) is 4.90 Å². The number of urea groups is 1. The molecule has 0 saturated carbocycles. The molecule has 3 nitrogen and oxygen atoms in total. The van der Waals surface area contributed by atoms with Gasteiger partial charge < -0.3 is 0 Å². The molecule has 3 aromatic rings. The molecule has 1 radical (unpaired) electrons. The molecule has 0 aromatic heterocycles. The van der Waals surface area contributed by atoms with Crippen molar-refractivity contribution in [2.45, 2.75) is 0 Å². The van der Waals surface area contributed by atoms with Gasteiger partial charge >= 0.3 is 6.03 Å².